The number of aryl methyl sites for hydroxylation is 3. The van der Waals surface area contributed by atoms with Crippen LogP contribution in [0.2, 0.25) is 0 Å². The lowest BCUT2D eigenvalue weighted by Gasteiger charge is -2.22. The molecule has 0 unspecified atom stereocenters. The summed E-state index contributed by atoms with van der Waals surface area (Å²) in [5, 5.41) is 9.62. The highest BCUT2D eigenvalue weighted by atomic mass is 16.3. The van der Waals surface area contributed by atoms with Gasteiger partial charge in [0.25, 0.3) is 5.91 Å². The maximum Gasteiger partial charge on any atom is 0.254 e. The van der Waals surface area contributed by atoms with E-state index in [1.165, 1.54) is 0 Å². The smallest absolute Gasteiger partial charge is 0.254 e. The Morgan fingerprint density at radius 2 is 1.71 bits per heavy atom. The standard InChI is InChI=1S/C23H23N3O2/c1-15-5-7-18(8-6-15)23(28)26-13-3-4-21-20(14-26)22(25-16(2)24-21)17-9-11-19(27)12-10-17/h5-12,27H,3-4,13-14H2,1-2H3. The van der Waals surface area contributed by atoms with Crippen molar-refractivity contribution < 1.29 is 9.90 Å². The summed E-state index contributed by atoms with van der Waals surface area (Å²) < 4.78 is 0. The van der Waals surface area contributed by atoms with Crippen molar-refractivity contribution in [2.45, 2.75) is 33.2 Å². The third-order valence-corrected chi connectivity index (χ3v) is 5.12. The molecule has 1 N–H and O–H groups in total. The van der Waals surface area contributed by atoms with E-state index in [-0.39, 0.29) is 11.7 Å². The van der Waals surface area contributed by atoms with Crippen molar-refractivity contribution >= 4 is 5.91 Å². The number of aromatic hydroxyl groups is 1. The molecule has 2 aromatic carbocycles. The highest BCUT2D eigenvalue weighted by molar-refractivity contribution is 5.94. The van der Waals surface area contributed by atoms with Gasteiger partial charge in [0.1, 0.15) is 11.6 Å². The molecule has 1 amide bonds. The van der Waals surface area contributed by atoms with Crippen LogP contribution in [0.5, 0.6) is 5.75 Å². The number of nitrogens with zero attached hydrogens (tertiary/aromatic N) is 3. The van der Waals surface area contributed by atoms with Crippen LogP contribution < -0.4 is 0 Å². The summed E-state index contributed by atoms with van der Waals surface area (Å²) in [6, 6.07) is 14.7. The van der Waals surface area contributed by atoms with Gasteiger partial charge in [-0.3, -0.25) is 4.79 Å². The number of aromatic nitrogens is 2. The molecule has 0 radical (unpaired) electrons. The highest BCUT2D eigenvalue weighted by Gasteiger charge is 2.24. The quantitative estimate of drug-likeness (QED) is 0.736. The number of hydrogen-bond acceptors (Lipinski definition) is 4. The molecule has 0 spiro atoms. The number of hydrogen-bond donors (Lipinski definition) is 1. The van der Waals surface area contributed by atoms with Crippen molar-refractivity contribution in [2.24, 2.45) is 0 Å². The van der Waals surface area contributed by atoms with E-state index < -0.39 is 0 Å². The van der Waals surface area contributed by atoms with E-state index >= 15 is 0 Å². The van der Waals surface area contributed by atoms with Gasteiger partial charge in [-0.15, -0.1) is 0 Å². The summed E-state index contributed by atoms with van der Waals surface area (Å²) in [5.41, 5.74) is 5.60. The molecule has 3 aromatic rings. The highest BCUT2D eigenvalue weighted by Crippen LogP contribution is 2.29. The van der Waals surface area contributed by atoms with Crippen LogP contribution in [-0.4, -0.2) is 32.4 Å². The van der Waals surface area contributed by atoms with Crippen LogP contribution in [0.3, 0.4) is 0 Å². The fourth-order valence-corrected chi connectivity index (χ4v) is 3.64. The molecule has 0 bridgehead atoms. The summed E-state index contributed by atoms with van der Waals surface area (Å²) >= 11 is 0. The van der Waals surface area contributed by atoms with Gasteiger partial charge in [-0.2, -0.15) is 0 Å². The minimum atomic E-state index is 0.0325. The minimum Gasteiger partial charge on any atom is -0.508 e. The third kappa shape index (κ3) is 3.60. The molecule has 1 aliphatic heterocycles. The third-order valence-electron chi connectivity index (χ3n) is 5.12. The van der Waals surface area contributed by atoms with E-state index in [9.17, 15) is 9.90 Å². The number of carbonyl (C=O) groups excluding carboxylic acids is 1. The molecule has 0 saturated heterocycles. The monoisotopic (exact) mass is 373 g/mol. The fourth-order valence-electron chi connectivity index (χ4n) is 3.64. The van der Waals surface area contributed by atoms with Crippen LogP contribution >= 0.6 is 0 Å². The summed E-state index contributed by atoms with van der Waals surface area (Å²) in [4.78, 5) is 24.3. The first kappa shape index (κ1) is 18.2. The number of rotatable bonds is 2. The Hall–Kier alpha value is -3.21. The Bertz CT molecular complexity index is 1010. The first-order valence-corrected chi connectivity index (χ1v) is 9.53. The van der Waals surface area contributed by atoms with Crippen LogP contribution in [0.1, 0.15) is 39.4 Å². The Morgan fingerprint density at radius 1 is 1.00 bits per heavy atom. The number of carbonyl (C=O) groups is 1. The van der Waals surface area contributed by atoms with E-state index in [4.69, 9.17) is 0 Å². The van der Waals surface area contributed by atoms with Crippen molar-refractivity contribution in [3.63, 3.8) is 0 Å². The van der Waals surface area contributed by atoms with Crippen LogP contribution in [0.15, 0.2) is 48.5 Å². The fraction of sp³-hybridized carbons (Fsp3) is 0.261. The lowest BCUT2D eigenvalue weighted by molar-refractivity contribution is 0.0746. The van der Waals surface area contributed by atoms with Gasteiger partial charge in [0.05, 0.1) is 5.69 Å². The molecule has 4 rings (SSSR count). The number of fused-ring (bicyclic) bond motifs is 1. The van der Waals surface area contributed by atoms with E-state index in [1.807, 2.05) is 55.1 Å². The number of phenolic OH excluding ortho intramolecular Hbond substituents is 1. The average molecular weight is 373 g/mol. The average Bonchev–Trinajstić information content (AvgIpc) is 2.90. The van der Waals surface area contributed by atoms with Gasteiger partial charge < -0.3 is 10.0 Å². The van der Waals surface area contributed by atoms with Gasteiger partial charge in [-0.25, -0.2) is 9.97 Å². The summed E-state index contributed by atoms with van der Waals surface area (Å²) in [6.45, 7) is 5.08. The molecule has 28 heavy (non-hydrogen) atoms. The van der Waals surface area contributed by atoms with E-state index in [0.717, 1.165) is 46.7 Å². The van der Waals surface area contributed by atoms with E-state index in [0.29, 0.717) is 18.7 Å². The van der Waals surface area contributed by atoms with Crippen LogP contribution in [0.4, 0.5) is 0 Å². The topological polar surface area (TPSA) is 66.3 Å². The molecular formula is C23H23N3O2. The summed E-state index contributed by atoms with van der Waals surface area (Å²) in [5.74, 6) is 0.974. The van der Waals surface area contributed by atoms with Gasteiger partial charge >= 0.3 is 0 Å². The van der Waals surface area contributed by atoms with Gasteiger partial charge in [0.2, 0.25) is 0 Å². The van der Waals surface area contributed by atoms with E-state index in [2.05, 4.69) is 9.97 Å². The molecule has 5 nitrogen and oxygen atoms in total. The van der Waals surface area contributed by atoms with Gasteiger partial charge in [0, 0.05) is 35.5 Å². The largest absolute Gasteiger partial charge is 0.508 e. The summed E-state index contributed by atoms with van der Waals surface area (Å²) in [7, 11) is 0. The predicted molar refractivity (Wildman–Crippen MR) is 108 cm³/mol. The van der Waals surface area contributed by atoms with Crippen molar-refractivity contribution in [3.05, 3.63) is 76.7 Å². The summed E-state index contributed by atoms with van der Waals surface area (Å²) in [6.07, 6.45) is 1.69. The Kier molecular flexibility index (Phi) is 4.82. The Morgan fingerprint density at radius 3 is 2.43 bits per heavy atom. The second-order valence-corrected chi connectivity index (χ2v) is 7.29. The lowest BCUT2D eigenvalue weighted by atomic mass is 10.0. The molecule has 0 saturated carbocycles. The second kappa shape index (κ2) is 7.43. The van der Waals surface area contributed by atoms with Gasteiger partial charge in [-0.05, 0) is 63.1 Å². The number of phenols is 1. The SMILES string of the molecule is Cc1ccc(C(=O)N2CCCc3nc(C)nc(-c4ccc(O)cc4)c3C2)cc1. The van der Waals surface area contributed by atoms with Crippen molar-refractivity contribution in [1.82, 2.24) is 14.9 Å². The first-order chi connectivity index (χ1) is 13.5. The Labute approximate surface area is 164 Å². The zero-order valence-electron chi connectivity index (χ0n) is 16.1. The van der Waals surface area contributed by atoms with Crippen LogP contribution in [0.25, 0.3) is 11.3 Å². The number of benzene rings is 2. The molecule has 1 aromatic heterocycles. The van der Waals surface area contributed by atoms with Crippen molar-refractivity contribution in [1.29, 1.82) is 0 Å². The molecule has 1 aliphatic rings. The molecule has 142 valence electrons. The second-order valence-electron chi connectivity index (χ2n) is 7.29. The maximum absolute atomic E-state index is 13.1. The minimum absolute atomic E-state index is 0.0325. The molecule has 2 heterocycles. The molecule has 5 heteroatoms. The molecular weight excluding hydrogens is 350 g/mol. The van der Waals surface area contributed by atoms with Gasteiger partial charge in [-0.1, -0.05) is 17.7 Å². The van der Waals surface area contributed by atoms with Crippen molar-refractivity contribution in [3.8, 4) is 17.0 Å². The first-order valence-electron chi connectivity index (χ1n) is 9.53. The maximum atomic E-state index is 13.1. The normalized spacial score (nSPS) is 13.7. The van der Waals surface area contributed by atoms with E-state index in [1.54, 1.807) is 12.1 Å². The molecule has 0 atom stereocenters. The molecule has 0 fully saturated rings. The lowest BCUT2D eigenvalue weighted by Crippen LogP contribution is -2.31. The Balaban J connectivity index is 1.73. The zero-order chi connectivity index (χ0) is 19.7. The van der Waals surface area contributed by atoms with Gasteiger partial charge in [0.15, 0.2) is 0 Å². The zero-order valence-corrected chi connectivity index (χ0v) is 16.1. The van der Waals surface area contributed by atoms with Crippen molar-refractivity contribution in [2.75, 3.05) is 6.54 Å². The van der Waals surface area contributed by atoms with Crippen LogP contribution in [-0.2, 0) is 13.0 Å². The predicted octanol–water partition coefficient (Wildman–Crippen LogP) is 4.05. The number of amides is 1. The van der Waals surface area contributed by atoms with Crippen LogP contribution in [0, 0.1) is 13.8 Å². The molecule has 0 aliphatic carbocycles.